The molecule has 0 amide bonds. The predicted octanol–water partition coefficient (Wildman–Crippen LogP) is 6.00. The summed E-state index contributed by atoms with van der Waals surface area (Å²) in [5.41, 5.74) is 2.06. The van der Waals surface area contributed by atoms with Crippen LogP contribution in [-0.4, -0.2) is 9.67 Å². The number of azo groups is 1. The van der Waals surface area contributed by atoms with E-state index in [0.29, 0.717) is 16.4 Å². The van der Waals surface area contributed by atoms with E-state index in [1.54, 1.807) is 12.1 Å². The van der Waals surface area contributed by atoms with Crippen molar-refractivity contribution in [3.05, 3.63) is 53.6 Å². The molecule has 0 bridgehead atoms. The maximum Gasteiger partial charge on any atom is 0.221 e. The third-order valence-electron chi connectivity index (χ3n) is 3.45. The first-order chi connectivity index (χ1) is 10.6. The number of fused-ring (bicyclic) bond motifs is 1. The molecule has 3 aromatic rings. The minimum absolute atomic E-state index is 0.125. The van der Waals surface area contributed by atoms with Crippen molar-refractivity contribution < 1.29 is 5.11 Å². The predicted molar refractivity (Wildman–Crippen MR) is 89.6 cm³/mol. The summed E-state index contributed by atoms with van der Waals surface area (Å²) in [7, 11) is 0. The summed E-state index contributed by atoms with van der Waals surface area (Å²) < 4.78 is 1.85. The Kier molecular flexibility index (Phi) is 3.86. The Balaban J connectivity index is 2.13. The van der Waals surface area contributed by atoms with Crippen LogP contribution in [0.15, 0.2) is 58.8 Å². The Hall–Kier alpha value is -2.33. The first-order valence-corrected chi connectivity index (χ1v) is 7.45. The van der Waals surface area contributed by atoms with E-state index in [2.05, 4.69) is 10.2 Å². The molecule has 1 aromatic heterocycles. The molecule has 0 fully saturated rings. The van der Waals surface area contributed by atoms with Crippen molar-refractivity contribution >= 4 is 33.9 Å². The van der Waals surface area contributed by atoms with Gasteiger partial charge in [-0.3, -0.25) is 0 Å². The van der Waals surface area contributed by atoms with Gasteiger partial charge >= 0.3 is 0 Å². The molecule has 2 aromatic carbocycles. The van der Waals surface area contributed by atoms with Gasteiger partial charge in [-0.15, -0.1) is 5.11 Å². The normalized spacial score (nSPS) is 11.8. The van der Waals surface area contributed by atoms with Crippen molar-refractivity contribution in [2.24, 2.45) is 10.2 Å². The summed E-state index contributed by atoms with van der Waals surface area (Å²) in [6.45, 7) is 4.04. The highest BCUT2D eigenvalue weighted by Crippen LogP contribution is 2.41. The minimum Gasteiger partial charge on any atom is -0.493 e. The Labute approximate surface area is 133 Å². The average molecular weight is 314 g/mol. The van der Waals surface area contributed by atoms with E-state index >= 15 is 0 Å². The van der Waals surface area contributed by atoms with Gasteiger partial charge in [-0.2, -0.15) is 5.11 Å². The molecular formula is C17H16ClN3O. The summed E-state index contributed by atoms with van der Waals surface area (Å²) >= 11 is 5.94. The lowest BCUT2D eigenvalue weighted by Gasteiger charge is -2.10. The van der Waals surface area contributed by atoms with E-state index in [9.17, 15) is 5.11 Å². The van der Waals surface area contributed by atoms with E-state index in [0.717, 1.165) is 10.9 Å². The lowest BCUT2D eigenvalue weighted by molar-refractivity contribution is 0.407. The van der Waals surface area contributed by atoms with Gasteiger partial charge in [-0.25, -0.2) is 0 Å². The second kappa shape index (κ2) is 5.81. The lowest BCUT2D eigenvalue weighted by atomic mass is 10.2. The SMILES string of the molecule is CC(C)n1c(O)c(N=Nc2cccc(Cl)c2)c2ccccc21. The van der Waals surface area contributed by atoms with Crippen LogP contribution in [0.25, 0.3) is 10.9 Å². The molecule has 0 saturated heterocycles. The van der Waals surface area contributed by atoms with Crippen molar-refractivity contribution in [2.75, 3.05) is 0 Å². The van der Waals surface area contributed by atoms with Gasteiger partial charge in [0.25, 0.3) is 0 Å². The largest absolute Gasteiger partial charge is 0.493 e. The monoisotopic (exact) mass is 313 g/mol. The molecule has 0 aliphatic rings. The fraction of sp³-hybridized carbons (Fsp3) is 0.176. The zero-order chi connectivity index (χ0) is 15.7. The number of hydrogen-bond acceptors (Lipinski definition) is 3. The summed E-state index contributed by atoms with van der Waals surface area (Å²) in [6, 6.07) is 15.0. The summed E-state index contributed by atoms with van der Waals surface area (Å²) in [6.07, 6.45) is 0. The minimum atomic E-state index is 0.125. The molecule has 0 atom stereocenters. The van der Waals surface area contributed by atoms with Crippen LogP contribution >= 0.6 is 11.6 Å². The Morgan fingerprint density at radius 1 is 1.05 bits per heavy atom. The molecule has 0 saturated carbocycles. The maximum atomic E-state index is 10.5. The van der Waals surface area contributed by atoms with Crippen LogP contribution in [0.5, 0.6) is 5.88 Å². The Bertz CT molecular complexity index is 852. The van der Waals surface area contributed by atoms with Gasteiger partial charge in [0.2, 0.25) is 5.88 Å². The molecule has 4 nitrogen and oxygen atoms in total. The molecule has 0 aliphatic carbocycles. The van der Waals surface area contributed by atoms with Crippen molar-refractivity contribution in [1.29, 1.82) is 0 Å². The van der Waals surface area contributed by atoms with Crippen LogP contribution in [0.2, 0.25) is 5.02 Å². The van der Waals surface area contributed by atoms with Crippen molar-refractivity contribution in [1.82, 2.24) is 4.57 Å². The second-order valence-corrected chi connectivity index (χ2v) is 5.77. The molecule has 0 unspecified atom stereocenters. The smallest absolute Gasteiger partial charge is 0.221 e. The highest BCUT2D eigenvalue weighted by Gasteiger charge is 2.17. The van der Waals surface area contributed by atoms with Gasteiger partial charge < -0.3 is 9.67 Å². The molecular weight excluding hydrogens is 298 g/mol. The van der Waals surface area contributed by atoms with Crippen molar-refractivity contribution in [3.8, 4) is 5.88 Å². The van der Waals surface area contributed by atoms with Crippen molar-refractivity contribution in [3.63, 3.8) is 0 Å². The summed E-state index contributed by atoms with van der Waals surface area (Å²) in [5.74, 6) is 0.127. The first-order valence-electron chi connectivity index (χ1n) is 7.07. The average Bonchev–Trinajstić information content (AvgIpc) is 2.77. The van der Waals surface area contributed by atoms with E-state index in [4.69, 9.17) is 11.6 Å². The number of benzene rings is 2. The first kappa shape index (κ1) is 14.6. The number of rotatable bonds is 3. The standard InChI is InChI=1S/C17H16ClN3O/c1-11(2)21-15-9-4-3-8-14(15)16(17(21)22)20-19-13-7-5-6-12(18)10-13/h3-11,22H,1-2H3. The van der Waals surface area contributed by atoms with Crippen LogP contribution in [-0.2, 0) is 0 Å². The van der Waals surface area contributed by atoms with E-state index in [-0.39, 0.29) is 11.9 Å². The lowest BCUT2D eigenvalue weighted by Crippen LogP contribution is -1.98. The Morgan fingerprint density at radius 3 is 2.55 bits per heavy atom. The number of halogens is 1. The fourth-order valence-electron chi connectivity index (χ4n) is 2.50. The second-order valence-electron chi connectivity index (χ2n) is 5.33. The van der Waals surface area contributed by atoms with Crippen molar-refractivity contribution in [2.45, 2.75) is 19.9 Å². The van der Waals surface area contributed by atoms with E-state index in [1.165, 1.54) is 0 Å². The van der Waals surface area contributed by atoms with E-state index < -0.39 is 0 Å². The van der Waals surface area contributed by atoms with E-state index in [1.807, 2.05) is 54.8 Å². The van der Waals surface area contributed by atoms with Gasteiger partial charge in [0.15, 0.2) is 5.69 Å². The van der Waals surface area contributed by atoms with Gasteiger partial charge in [-0.1, -0.05) is 35.9 Å². The number of nitrogens with zero attached hydrogens (tertiary/aromatic N) is 3. The van der Waals surface area contributed by atoms with Crippen LogP contribution in [0.3, 0.4) is 0 Å². The molecule has 5 heteroatoms. The number of aromatic nitrogens is 1. The molecule has 0 aliphatic heterocycles. The third kappa shape index (κ3) is 2.57. The highest BCUT2D eigenvalue weighted by molar-refractivity contribution is 6.30. The van der Waals surface area contributed by atoms with Crippen LogP contribution in [0, 0.1) is 0 Å². The maximum absolute atomic E-state index is 10.5. The third-order valence-corrected chi connectivity index (χ3v) is 3.68. The number of para-hydroxylation sites is 1. The molecule has 0 radical (unpaired) electrons. The zero-order valence-electron chi connectivity index (χ0n) is 12.4. The summed E-state index contributed by atoms with van der Waals surface area (Å²) in [4.78, 5) is 0. The highest BCUT2D eigenvalue weighted by atomic mass is 35.5. The molecule has 3 rings (SSSR count). The topological polar surface area (TPSA) is 49.9 Å². The zero-order valence-corrected chi connectivity index (χ0v) is 13.1. The molecule has 1 heterocycles. The van der Waals surface area contributed by atoms with Crippen LogP contribution in [0.1, 0.15) is 19.9 Å². The summed E-state index contributed by atoms with van der Waals surface area (Å²) in [5, 5.41) is 20.4. The van der Waals surface area contributed by atoms with Gasteiger partial charge in [0.05, 0.1) is 11.2 Å². The molecule has 22 heavy (non-hydrogen) atoms. The molecule has 1 N–H and O–H groups in total. The van der Waals surface area contributed by atoms with Gasteiger partial charge in [0.1, 0.15) is 0 Å². The molecule has 0 spiro atoms. The number of hydrogen-bond donors (Lipinski definition) is 1. The number of aromatic hydroxyl groups is 1. The van der Waals surface area contributed by atoms with Crippen LogP contribution in [0.4, 0.5) is 11.4 Å². The van der Waals surface area contributed by atoms with Crippen LogP contribution < -0.4 is 0 Å². The fourth-order valence-corrected chi connectivity index (χ4v) is 2.68. The Morgan fingerprint density at radius 2 is 1.82 bits per heavy atom. The quantitative estimate of drug-likeness (QED) is 0.592. The molecule has 112 valence electrons. The van der Waals surface area contributed by atoms with Gasteiger partial charge in [-0.05, 0) is 38.1 Å². The van der Waals surface area contributed by atoms with Gasteiger partial charge in [0, 0.05) is 16.5 Å².